The summed E-state index contributed by atoms with van der Waals surface area (Å²) in [6.07, 6.45) is 0. The van der Waals surface area contributed by atoms with Crippen molar-refractivity contribution in [3.8, 4) is 23.3 Å². The Bertz CT molecular complexity index is 1030. The first-order valence-electron chi connectivity index (χ1n) is 7.96. The van der Waals surface area contributed by atoms with Crippen molar-refractivity contribution in [3.05, 3.63) is 46.2 Å². The highest BCUT2D eigenvalue weighted by molar-refractivity contribution is 5.83. The highest BCUT2D eigenvalue weighted by Gasteiger charge is 2.15. The minimum atomic E-state index is -0.177. The summed E-state index contributed by atoms with van der Waals surface area (Å²) in [5.74, 6) is 2.15. The number of aromatic amines is 1. The van der Waals surface area contributed by atoms with Gasteiger partial charge in [0.25, 0.3) is 5.56 Å². The molecule has 1 aliphatic rings. The number of methoxy groups -OCH3 is 2. The summed E-state index contributed by atoms with van der Waals surface area (Å²) < 4.78 is 21.1. The molecule has 0 aliphatic carbocycles. The number of aromatic nitrogens is 2. The number of pyridine rings is 2. The molecule has 0 spiro atoms. The highest BCUT2D eigenvalue weighted by Crippen LogP contribution is 2.35. The number of hydrogen-bond acceptors (Lipinski definition) is 7. The fourth-order valence-corrected chi connectivity index (χ4v) is 2.79. The van der Waals surface area contributed by atoms with Gasteiger partial charge in [-0.2, -0.15) is 4.98 Å². The Morgan fingerprint density at radius 2 is 1.96 bits per heavy atom. The summed E-state index contributed by atoms with van der Waals surface area (Å²) in [6, 6.07) is 8.96. The Morgan fingerprint density at radius 1 is 1.15 bits per heavy atom. The minimum Gasteiger partial charge on any atom is -0.481 e. The molecular formula is C18H17N3O5. The van der Waals surface area contributed by atoms with E-state index in [2.05, 4.69) is 15.3 Å². The van der Waals surface area contributed by atoms with Crippen LogP contribution in [0.25, 0.3) is 10.9 Å². The van der Waals surface area contributed by atoms with E-state index >= 15 is 0 Å². The van der Waals surface area contributed by atoms with Gasteiger partial charge in [-0.15, -0.1) is 0 Å². The third kappa shape index (κ3) is 2.85. The second-order valence-corrected chi connectivity index (χ2v) is 5.68. The predicted octanol–water partition coefficient (Wildman–Crippen LogP) is 2.28. The number of ether oxygens (including phenoxy) is 4. The fourth-order valence-electron chi connectivity index (χ4n) is 2.79. The van der Waals surface area contributed by atoms with Gasteiger partial charge in [-0.3, -0.25) is 4.79 Å². The molecule has 1 aliphatic heterocycles. The lowest BCUT2D eigenvalue weighted by atomic mass is 10.1. The molecule has 0 fully saturated rings. The molecule has 8 nitrogen and oxygen atoms in total. The Labute approximate surface area is 148 Å². The van der Waals surface area contributed by atoms with E-state index in [1.54, 1.807) is 18.2 Å². The van der Waals surface area contributed by atoms with Crippen LogP contribution in [0.4, 0.5) is 5.69 Å². The molecule has 4 rings (SSSR count). The largest absolute Gasteiger partial charge is 0.481 e. The van der Waals surface area contributed by atoms with Crippen LogP contribution in [0.5, 0.6) is 23.3 Å². The van der Waals surface area contributed by atoms with Crippen molar-refractivity contribution in [2.45, 2.75) is 6.54 Å². The van der Waals surface area contributed by atoms with E-state index in [1.807, 2.05) is 12.1 Å². The van der Waals surface area contributed by atoms with Crippen molar-refractivity contribution in [2.75, 3.05) is 26.3 Å². The molecule has 0 bridgehead atoms. The summed E-state index contributed by atoms with van der Waals surface area (Å²) in [5, 5.41) is 4.04. The zero-order chi connectivity index (χ0) is 18.1. The maximum atomic E-state index is 12.4. The number of hydrogen-bond donors (Lipinski definition) is 2. The standard InChI is InChI=1S/C18H17N3O5/c1-23-16-4-3-12(18(21-16)24-2)19-8-11-5-10-6-14-15(26-9-25-14)7-13(10)20-17(11)22/h3-7,19H,8-9H2,1-2H3,(H,20,22). The normalized spacial score (nSPS) is 12.2. The third-order valence-electron chi connectivity index (χ3n) is 4.12. The van der Waals surface area contributed by atoms with Crippen LogP contribution >= 0.6 is 0 Å². The molecule has 0 unspecified atom stereocenters. The van der Waals surface area contributed by atoms with Gasteiger partial charge in [-0.1, -0.05) is 0 Å². The van der Waals surface area contributed by atoms with Crippen molar-refractivity contribution in [1.82, 2.24) is 9.97 Å². The van der Waals surface area contributed by atoms with Crippen LogP contribution in [0.1, 0.15) is 5.56 Å². The molecule has 134 valence electrons. The zero-order valence-electron chi connectivity index (χ0n) is 14.3. The second-order valence-electron chi connectivity index (χ2n) is 5.68. The van der Waals surface area contributed by atoms with Gasteiger partial charge in [0.15, 0.2) is 11.5 Å². The smallest absolute Gasteiger partial charge is 0.253 e. The SMILES string of the molecule is COc1ccc(NCc2cc3cc4c(cc3[nH]c2=O)OCO4)c(OC)n1. The van der Waals surface area contributed by atoms with Crippen molar-refractivity contribution < 1.29 is 18.9 Å². The Hall–Kier alpha value is -3.42. The Morgan fingerprint density at radius 3 is 2.73 bits per heavy atom. The van der Waals surface area contributed by atoms with Crippen LogP contribution in [0.15, 0.2) is 35.1 Å². The van der Waals surface area contributed by atoms with Gasteiger partial charge in [0.05, 0.1) is 25.4 Å². The summed E-state index contributed by atoms with van der Waals surface area (Å²) in [5.41, 5.74) is 1.77. The van der Waals surface area contributed by atoms with E-state index in [0.29, 0.717) is 46.6 Å². The molecule has 8 heteroatoms. The van der Waals surface area contributed by atoms with Gasteiger partial charge in [0.1, 0.15) is 0 Å². The van der Waals surface area contributed by atoms with Gasteiger partial charge in [-0.05, 0) is 18.2 Å². The van der Waals surface area contributed by atoms with Gasteiger partial charge < -0.3 is 29.2 Å². The predicted molar refractivity (Wildman–Crippen MR) is 95.4 cm³/mol. The molecule has 1 aromatic carbocycles. The molecule has 2 aromatic heterocycles. The van der Waals surface area contributed by atoms with Crippen molar-refractivity contribution >= 4 is 16.6 Å². The molecule has 0 atom stereocenters. The van der Waals surface area contributed by atoms with Crippen LogP contribution < -0.4 is 29.8 Å². The molecule has 3 aromatic rings. The second kappa shape index (κ2) is 6.47. The zero-order valence-corrected chi connectivity index (χ0v) is 14.3. The number of nitrogens with zero attached hydrogens (tertiary/aromatic N) is 1. The fraction of sp³-hybridized carbons (Fsp3) is 0.222. The third-order valence-corrected chi connectivity index (χ3v) is 4.12. The Kier molecular flexibility index (Phi) is 4.00. The molecule has 3 heterocycles. The average molecular weight is 355 g/mol. The van der Waals surface area contributed by atoms with Gasteiger partial charge in [0.2, 0.25) is 18.6 Å². The number of fused-ring (bicyclic) bond motifs is 2. The first-order valence-corrected chi connectivity index (χ1v) is 7.96. The first kappa shape index (κ1) is 16.1. The minimum absolute atomic E-state index is 0.177. The van der Waals surface area contributed by atoms with E-state index in [9.17, 15) is 4.79 Å². The lowest BCUT2D eigenvalue weighted by Crippen LogP contribution is -2.16. The van der Waals surface area contributed by atoms with E-state index in [1.165, 1.54) is 14.2 Å². The monoisotopic (exact) mass is 355 g/mol. The first-order chi connectivity index (χ1) is 12.7. The van der Waals surface area contributed by atoms with Crippen LogP contribution in [0.2, 0.25) is 0 Å². The quantitative estimate of drug-likeness (QED) is 0.725. The van der Waals surface area contributed by atoms with Crippen molar-refractivity contribution in [1.29, 1.82) is 0 Å². The molecule has 0 radical (unpaired) electrons. The molecule has 0 amide bonds. The summed E-state index contributed by atoms with van der Waals surface area (Å²) in [7, 11) is 3.06. The molecule has 0 saturated carbocycles. The molecule has 26 heavy (non-hydrogen) atoms. The van der Waals surface area contributed by atoms with Crippen LogP contribution in [-0.2, 0) is 6.54 Å². The Balaban J connectivity index is 1.62. The van der Waals surface area contributed by atoms with Crippen molar-refractivity contribution in [3.63, 3.8) is 0 Å². The lowest BCUT2D eigenvalue weighted by molar-refractivity contribution is 0.174. The van der Waals surface area contributed by atoms with Crippen LogP contribution in [-0.4, -0.2) is 31.0 Å². The maximum absolute atomic E-state index is 12.4. The number of benzene rings is 1. The van der Waals surface area contributed by atoms with Gasteiger partial charge in [0, 0.05) is 29.6 Å². The molecule has 2 N–H and O–H groups in total. The van der Waals surface area contributed by atoms with E-state index in [-0.39, 0.29) is 12.4 Å². The van der Waals surface area contributed by atoms with Crippen LogP contribution in [0, 0.1) is 0 Å². The van der Waals surface area contributed by atoms with Crippen molar-refractivity contribution in [2.24, 2.45) is 0 Å². The summed E-state index contributed by atoms with van der Waals surface area (Å²) in [4.78, 5) is 19.5. The van der Waals surface area contributed by atoms with Gasteiger partial charge >= 0.3 is 0 Å². The lowest BCUT2D eigenvalue weighted by Gasteiger charge is -2.11. The topological polar surface area (TPSA) is 94.7 Å². The molecule has 0 saturated heterocycles. The van der Waals surface area contributed by atoms with E-state index < -0.39 is 0 Å². The molecular weight excluding hydrogens is 338 g/mol. The van der Waals surface area contributed by atoms with Crippen LogP contribution in [0.3, 0.4) is 0 Å². The van der Waals surface area contributed by atoms with Gasteiger partial charge in [-0.25, -0.2) is 0 Å². The number of anilines is 1. The number of nitrogens with one attached hydrogen (secondary N) is 2. The highest BCUT2D eigenvalue weighted by atomic mass is 16.7. The van der Waals surface area contributed by atoms with E-state index in [4.69, 9.17) is 18.9 Å². The average Bonchev–Trinajstić information content (AvgIpc) is 3.11. The summed E-state index contributed by atoms with van der Waals surface area (Å²) >= 11 is 0. The maximum Gasteiger partial charge on any atom is 0.253 e. The number of H-pyrrole nitrogens is 1. The van der Waals surface area contributed by atoms with E-state index in [0.717, 1.165) is 5.39 Å². The summed E-state index contributed by atoms with van der Waals surface area (Å²) in [6.45, 7) is 0.499. The number of rotatable bonds is 5.